The van der Waals surface area contributed by atoms with E-state index < -0.39 is 88.8 Å². The lowest BCUT2D eigenvalue weighted by molar-refractivity contribution is -0.160. The molecule has 3 heterocycles. The number of aliphatic hydroxyl groups excluding tert-OH is 2. The van der Waals surface area contributed by atoms with Crippen LogP contribution in [0.3, 0.4) is 0 Å². The second-order valence-electron chi connectivity index (χ2n) is 17.2. The van der Waals surface area contributed by atoms with Crippen LogP contribution in [0, 0.1) is 30.6 Å². The van der Waals surface area contributed by atoms with E-state index >= 15 is 0 Å². The summed E-state index contributed by atoms with van der Waals surface area (Å²) in [6.07, 6.45) is 4.72. The van der Waals surface area contributed by atoms with Crippen LogP contribution in [-0.2, 0) is 30.3 Å². The van der Waals surface area contributed by atoms with Crippen LogP contribution >= 0.6 is 0 Å². The fourth-order valence-corrected chi connectivity index (χ4v) is 8.56. The van der Waals surface area contributed by atoms with Gasteiger partial charge in [-0.25, -0.2) is 0 Å². The number of hydrogen-bond acceptors (Lipinski definition) is 14. The van der Waals surface area contributed by atoms with Gasteiger partial charge in [0, 0.05) is 61.2 Å². The molecule has 3 aliphatic rings. The minimum absolute atomic E-state index is 0.0334. The number of phenolic OH excluding ortho intramolecular Hbond substituents is 3. The molecule has 0 saturated heterocycles. The molecule has 5 bridgehead atoms. The van der Waals surface area contributed by atoms with E-state index in [4.69, 9.17) is 24.0 Å². The van der Waals surface area contributed by atoms with Crippen LogP contribution in [0.1, 0.15) is 75.5 Å². The smallest absolute Gasteiger partial charge is 0.312 e. The number of fused-ring (bicyclic) bond motifs is 14. The zero-order valence-electron chi connectivity index (χ0n) is 38.6. The highest BCUT2D eigenvalue weighted by atomic mass is 16.7. The third-order valence-corrected chi connectivity index (χ3v) is 12.6. The number of Topliss-reactive ketones (excluding diaryl/α,β-unsaturated/α-hetero) is 1. The number of benzene rings is 4. The number of para-hydroxylation sites is 1. The van der Waals surface area contributed by atoms with Crippen molar-refractivity contribution < 1.29 is 58.9 Å². The number of nitrogens with one attached hydrogen (secondary N) is 1. The molecular weight excluding hydrogens is 847 g/mol. The van der Waals surface area contributed by atoms with E-state index in [1.807, 2.05) is 60.7 Å². The molecule has 0 aromatic heterocycles. The minimum Gasteiger partial charge on any atom is -0.507 e. The van der Waals surface area contributed by atoms with Crippen LogP contribution in [0.25, 0.3) is 10.8 Å². The number of esters is 1. The summed E-state index contributed by atoms with van der Waals surface area (Å²) in [5.41, 5.74) is 1.02. The summed E-state index contributed by atoms with van der Waals surface area (Å²) >= 11 is 0. The van der Waals surface area contributed by atoms with Gasteiger partial charge >= 0.3 is 11.8 Å². The number of rotatable bonds is 7. The van der Waals surface area contributed by atoms with Crippen molar-refractivity contribution in [2.75, 3.05) is 17.4 Å². The molecule has 0 aliphatic carbocycles. The van der Waals surface area contributed by atoms with Crippen molar-refractivity contribution in [3.63, 3.8) is 0 Å². The van der Waals surface area contributed by atoms with E-state index in [0.717, 1.165) is 5.56 Å². The largest absolute Gasteiger partial charge is 0.507 e. The Morgan fingerprint density at radius 2 is 1.53 bits per heavy atom. The molecule has 0 fully saturated rings. The van der Waals surface area contributed by atoms with Crippen molar-refractivity contribution in [2.24, 2.45) is 28.8 Å². The van der Waals surface area contributed by atoms with Gasteiger partial charge in [0.2, 0.25) is 0 Å². The van der Waals surface area contributed by atoms with Gasteiger partial charge in [-0.1, -0.05) is 94.5 Å². The summed E-state index contributed by atoms with van der Waals surface area (Å²) in [7, 11) is 1.43. The first kappa shape index (κ1) is 48.8. The number of carbonyl (C=O) groups excluding carboxylic acids is 3. The van der Waals surface area contributed by atoms with Gasteiger partial charge in [0.15, 0.2) is 5.75 Å². The van der Waals surface area contributed by atoms with Crippen molar-refractivity contribution in [3.05, 3.63) is 119 Å². The Labute approximate surface area is 384 Å². The zero-order chi connectivity index (χ0) is 48.2. The minimum atomic E-state index is -2.08. The van der Waals surface area contributed by atoms with E-state index in [0.29, 0.717) is 5.69 Å². The molecule has 3 aliphatic heterocycles. The van der Waals surface area contributed by atoms with Gasteiger partial charge in [-0.3, -0.25) is 19.4 Å². The van der Waals surface area contributed by atoms with Crippen molar-refractivity contribution in [1.29, 1.82) is 0 Å². The van der Waals surface area contributed by atoms with Crippen LogP contribution in [0.15, 0.2) is 102 Å². The highest BCUT2D eigenvalue weighted by molar-refractivity contribution is 6.24. The zero-order valence-corrected chi connectivity index (χ0v) is 38.6. The number of methoxy groups -OCH3 is 1. The maximum absolute atomic E-state index is 14.6. The van der Waals surface area contributed by atoms with E-state index in [1.165, 1.54) is 59.4 Å². The van der Waals surface area contributed by atoms with Gasteiger partial charge in [0.25, 0.3) is 11.7 Å². The number of aromatic hydroxyl groups is 3. The highest BCUT2D eigenvalue weighted by Gasteiger charge is 2.50. The number of hydrazone groups is 1. The van der Waals surface area contributed by atoms with Gasteiger partial charge in [-0.15, -0.1) is 0 Å². The SMILES string of the molecule is COC1/C=C/OC2(C)Oc3c(C)c(O)c4c(O)c(c(/C=N/N(Cc5ccccc5)c5ccccc5)c(O)c4c3C2=O)NC(=O)/C(C)=C\C=C\C(C)C(O)C(C)C(O)C(C)C(OC(C)=O)C1C. The predicted molar refractivity (Wildman–Crippen MR) is 250 cm³/mol. The first-order chi connectivity index (χ1) is 31.3. The number of aliphatic hydroxyl groups is 2. The molecule has 0 saturated carbocycles. The van der Waals surface area contributed by atoms with Gasteiger partial charge in [-0.2, -0.15) is 5.10 Å². The lowest BCUT2D eigenvalue weighted by Gasteiger charge is -2.38. The molecule has 7 rings (SSSR count). The third-order valence-electron chi connectivity index (χ3n) is 12.6. The van der Waals surface area contributed by atoms with E-state index in [1.54, 1.807) is 44.9 Å². The number of ketones is 1. The van der Waals surface area contributed by atoms with Crippen LogP contribution < -0.4 is 15.1 Å². The molecule has 0 spiro atoms. The lowest BCUT2D eigenvalue weighted by atomic mass is 9.78. The third kappa shape index (κ3) is 9.78. The Balaban J connectivity index is 1.56. The molecule has 4 aromatic rings. The Kier molecular flexibility index (Phi) is 14.9. The highest BCUT2D eigenvalue weighted by Crippen LogP contribution is 2.55. The van der Waals surface area contributed by atoms with Gasteiger partial charge in [0.1, 0.15) is 23.4 Å². The first-order valence-electron chi connectivity index (χ1n) is 21.8. The van der Waals surface area contributed by atoms with Crippen molar-refractivity contribution >= 4 is 46.0 Å². The number of ether oxygens (including phenoxy) is 4. The second-order valence-corrected chi connectivity index (χ2v) is 17.2. The Morgan fingerprint density at radius 1 is 0.879 bits per heavy atom. The first-order valence-corrected chi connectivity index (χ1v) is 21.8. The fraction of sp³-hybridized carbons (Fsp3) is 0.373. The maximum atomic E-state index is 14.6. The summed E-state index contributed by atoms with van der Waals surface area (Å²) in [6, 6.07) is 18.7. The predicted octanol–water partition coefficient (Wildman–Crippen LogP) is 7.79. The second kappa shape index (κ2) is 20.2. The van der Waals surface area contributed by atoms with Crippen LogP contribution in [-0.4, -0.2) is 86.7 Å². The molecule has 15 heteroatoms. The molecular formula is C51H59N3O12. The average molecular weight is 906 g/mol. The van der Waals surface area contributed by atoms with Crippen molar-refractivity contribution in [1.82, 2.24) is 0 Å². The monoisotopic (exact) mass is 905 g/mol. The van der Waals surface area contributed by atoms with Crippen LogP contribution in [0.4, 0.5) is 11.4 Å². The maximum Gasteiger partial charge on any atom is 0.312 e. The fourth-order valence-electron chi connectivity index (χ4n) is 8.56. The van der Waals surface area contributed by atoms with Crippen LogP contribution in [0.5, 0.6) is 23.0 Å². The molecule has 9 atom stereocenters. The Bertz CT molecular complexity index is 2580. The molecule has 1 amide bonds. The van der Waals surface area contributed by atoms with Crippen molar-refractivity contribution in [2.45, 2.75) is 92.1 Å². The summed E-state index contributed by atoms with van der Waals surface area (Å²) in [6.45, 7) is 12.8. The number of phenols is 3. The lowest BCUT2D eigenvalue weighted by Crippen LogP contribution is -2.46. The summed E-state index contributed by atoms with van der Waals surface area (Å²) in [5.74, 6) is -8.68. The van der Waals surface area contributed by atoms with Gasteiger partial charge in [-0.05, 0) is 37.6 Å². The average Bonchev–Trinajstić information content (AvgIpc) is 3.57. The summed E-state index contributed by atoms with van der Waals surface area (Å²) in [5, 5.41) is 67.8. The molecule has 15 nitrogen and oxygen atoms in total. The van der Waals surface area contributed by atoms with E-state index in [9.17, 15) is 39.9 Å². The van der Waals surface area contributed by atoms with Gasteiger partial charge in [0.05, 0.1) is 65.2 Å². The molecule has 9 unspecified atom stereocenters. The van der Waals surface area contributed by atoms with Crippen molar-refractivity contribution in [3.8, 4) is 23.0 Å². The van der Waals surface area contributed by atoms with E-state index in [-0.39, 0.29) is 51.0 Å². The molecule has 4 aromatic carbocycles. The molecule has 66 heavy (non-hydrogen) atoms. The quantitative estimate of drug-likeness (QED) is 0.0344. The number of nitrogens with zero attached hydrogens (tertiary/aromatic N) is 2. The summed E-state index contributed by atoms with van der Waals surface area (Å²) < 4.78 is 23.8. The number of hydrogen-bond donors (Lipinski definition) is 6. The number of allylic oxidation sites excluding steroid dienone is 2. The topological polar surface area (TPSA) is 217 Å². The normalized spacial score (nSPS) is 28.0. The number of anilines is 2. The standard InChI is InChI=1S/C51H59N3O12/c1-27-17-16-18-28(2)50(62)53-41-36(25-52-54(35-21-14-11-15-22-35)26-34-19-12-10-13-20-34)45(59)38-39(46(41)60)44(58)32(6)48-40(38)49(61)51(8,66-48)64-24-23-37(63-9)29(3)47(65-33(7)55)31(5)43(57)30(4)42(27)56/h10-25,27,29-31,37,42-43,47,56-60H,26H2,1-9H3,(H,53,62)/b17-16+,24-23+,28-18-,52-25+. The van der Waals surface area contributed by atoms with E-state index in [2.05, 4.69) is 5.32 Å². The van der Waals surface area contributed by atoms with Crippen LogP contribution in [0.2, 0.25) is 0 Å². The molecule has 350 valence electrons. The Morgan fingerprint density at radius 3 is 2.17 bits per heavy atom. The number of amides is 1. The molecule has 0 radical (unpaired) electrons. The van der Waals surface area contributed by atoms with Gasteiger partial charge < -0.3 is 49.8 Å². The Hall–Kier alpha value is -6.68. The number of carbonyl (C=O) groups is 3. The molecule has 6 N–H and O–H groups in total. The summed E-state index contributed by atoms with van der Waals surface area (Å²) in [4.78, 5) is 41.1.